The van der Waals surface area contributed by atoms with Crippen LogP contribution in [0.5, 0.6) is 0 Å². The topological polar surface area (TPSA) is 15.3 Å². The largest absolute Gasteiger partial charge is 0.340 e. The molecule has 0 fully saturated rings. The number of nitrogens with one attached hydrogen (secondary N) is 1. The summed E-state index contributed by atoms with van der Waals surface area (Å²) in [5.41, 5.74) is 5.83. The average molecular weight is 395 g/mol. The highest BCUT2D eigenvalue weighted by Gasteiger charge is 2.13. The van der Waals surface area contributed by atoms with E-state index in [2.05, 4.69) is 66.5 Å². The van der Waals surface area contributed by atoms with E-state index in [4.69, 9.17) is 23.8 Å². The fourth-order valence-corrected chi connectivity index (χ4v) is 3.37. The van der Waals surface area contributed by atoms with Crippen LogP contribution in [-0.2, 0) is 13.1 Å². The molecule has 3 rings (SSSR count). The smallest absolute Gasteiger partial charge is 0.174 e. The molecule has 0 aliphatic heterocycles. The molecule has 0 heterocycles. The van der Waals surface area contributed by atoms with E-state index in [9.17, 15) is 0 Å². The minimum absolute atomic E-state index is 0.711. The number of anilines is 1. The van der Waals surface area contributed by atoms with Crippen molar-refractivity contribution in [3.8, 4) is 0 Å². The lowest BCUT2D eigenvalue weighted by Crippen LogP contribution is -2.34. The number of benzene rings is 3. The van der Waals surface area contributed by atoms with Gasteiger partial charge in [-0.3, -0.25) is 0 Å². The van der Waals surface area contributed by atoms with Gasteiger partial charge in [-0.15, -0.1) is 0 Å². The average Bonchev–Trinajstić information content (AvgIpc) is 2.67. The van der Waals surface area contributed by atoms with E-state index < -0.39 is 0 Å². The highest BCUT2D eigenvalue weighted by Crippen LogP contribution is 2.21. The van der Waals surface area contributed by atoms with Gasteiger partial charge in [0.05, 0.1) is 0 Å². The maximum absolute atomic E-state index is 6.03. The molecule has 0 amide bonds. The molecule has 0 radical (unpaired) electrons. The Kier molecular flexibility index (Phi) is 6.49. The normalized spacial score (nSPS) is 10.5. The second kappa shape index (κ2) is 9.03. The maximum atomic E-state index is 6.03. The van der Waals surface area contributed by atoms with Crippen molar-refractivity contribution in [2.75, 3.05) is 5.32 Å². The maximum Gasteiger partial charge on any atom is 0.174 e. The molecule has 0 saturated carbocycles. The summed E-state index contributed by atoms with van der Waals surface area (Å²) in [6, 6.07) is 24.6. The van der Waals surface area contributed by atoms with E-state index in [0.29, 0.717) is 11.7 Å². The first-order valence-electron chi connectivity index (χ1n) is 8.93. The Bertz CT molecular complexity index is 887. The van der Waals surface area contributed by atoms with Crippen LogP contribution in [0, 0.1) is 13.8 Å². The first-order chi connectivity index (χ1) is 13.0. The lowest BCUT2D eigenvalue weighted by Gasteiger charge is -2.27. The van der Waals surface area contributed by atoms with E-state index >= 15 is 0 Å². The molecule has 0 bridgehead atoms. The summed E-state index contributed by atoms with van der Waals surface area (Å²) in [6.45, 7) is 5.64. The van der Waals surface area contributed by atoms with Gasteiger partial charge in [0, 0.05) is 23.8 Å². The van der Waals surface area contributed by atoms with Gasteiger partial charge in [0.1, 0.15) is 0 Å². The Morgan fingerprint density at radius 1 is 0.815 bits per heavy atom. The number of para-hydroxylation sites is 1. The summed E-state index contributed by atoms with van der Waals surface area (Å²) in [7, 11) is 0. The molecule has 1 N–H and O–H groups in total. The molecule has 3 aromatic carbocycles. The van der Waals surface area contributed by atoms with E-state index in [1.807, 2.05) is 30.3 Å². The van der Waals surface area contributed by atoms with Gasteiger partial charge in [0.25, 0.3) is 0 Å². The molecule has 0 spiro atoms. The predicted molar refractivity (Wildman–Crippen MR) is 119 cm³/mol. The zero-order valence-electron chi connectivity index (χ0n) is 15.6. The van der Waals surface area contributed by atoms with Gasteiger partial charge >= 0.3 is 0 Å². The van der Waals surface area contributed by atoms with Crippen molar-refractivity contribution in [1.82, 2.24) is 4.90 Å². The molecule has 4 heteroatoms. The van der Waals surface area contributed by atoms with Crippen LogP contribution in [-0.4, -0.2) is 10.0 Å². The van der Waals surface area contributed by atoms with Crippen LogP contribution in [0.4, 0.5) is 5.69 Å². The summed E-state index contributed by atoms with van der Waals surface area (Å²) in [4.78, 5) is 2.18. The summed E-state index contributed by atoms with van der Waals surface area (Å²) < 4.78 is 0. The summed E-state index contributed by atoms with van der Waals surface area (Å²) >= 11 is 11.8. The molecular formula is C23H23ClN2S. The molecular weight excluding hydrogens is 372 g/mol. The lowest BCUT2D eigenvalue weighted by atomic mass is 10.1. The van der Waals surface area contributed by atoms with Crippen LogP contribution in [0.25, 0.3) is 0 Å². The third-order valence-electron chi connectivity index (χ3n) is 4.50. The monoisotopic (exact) mass is 394 g/mol. The van der Waals surface area contributed by atoms with Gasteiger partial charge in [0.2, 0.25) is 0 Å². The van der Waals surface area contributed by atoms with Gasteiger partial charge in [0.15, 0.2) is 5.11 Å². The van der Waals surface area contributed by atoms with Crippen molar-refractivity contribution in [3.63, 3.8) is 0 Å². The minimum Gasteiger partial charge on any atom is -0.340 e. The number of thiocarbonyl (C=S) groups is 1. The third kappa shape index (κ3) is 5.31. The second-order valence-electron chi connectivity index (χ2n) is 6.67. The van der Waals surface area contributed by atoms with Crippen LogP contribution in [0.1, 0.15) is 22.3 Å². The predicted octanol–water partition coefficient (Wildman–Crippen LogP) is 6.36. The molecule has 0 atom stereocenters. The third-order valence-corrected chi connectivity index (χ3v) is 5.12. The highest BCUT2D eigenvalue weighted by molar-refractivity contribution is 7.80. The second-order valence-corrected chi connectivity index (χ2v) is 7.49. The van der Waals surface area contributed by atoms with Gasteiger partial charge in [-0.2, -0.15) is 0 Å². The summed E-state index contributed by atoms with van der Waals surface area (Å²) in [5.74, 6) is 0. The molecule has 3 aromatic rings. The van der Waals surface area contributed by atoms with Crippen LogP contribution in [0.15, 0.2) is 72.8 Å². The van der Waals surface area contributed by atoms with Crippen molar-refractivity contribution < 1.29 is 0 Å². The molecule has 0 saturated heterocycles. The van der Waals surface area contributed by atoms with Crippen LogP contribution < -0.4 is 5.32 Å². The first kappa shape index (κ1) is 19.4. The Hall–Kier alpha value is -2.36. The van der Waals surface area contributed by atoms with Gasteiger partial charge in [-0.05, 0) is 60.5 Å². The fraction of sp³-hybridized carbons (Fsp3) is 0.174. The van der Waals surface area contributed by atoms with Crippen molar-refractivity contribution in [3.05, 3.63) is 100 Å². The van der Waals surface area contributed by atoms with Crippen molar-refractivity contribution in [1.29, 1.82) is 0 Å². The van der Waals surface area contributed by atoms with E-state index in [-0.39, 0.29) is 0 Å². The van der Waals surface area contributed by atoms with Crippen LogP contribution in [0.3, 0.4) is 0 Å². The van der Waals surface area contributed by atoms with Gasteiger partial charge < -0.3 is 10.2 Å². The van der Waals surface area contributed by atoms with E-state index in [0.717, 1.165) is 17.3 Å². The fourth-order valence-electron chi connectivity index (χ4n) is 3.01. The number of rotatable bonds is 5. The highest BCUT2D eigenvalue weighted by atomic mass is 35.5. The first-order valence-corrected chi connectivity index (χ1v) is 9.72. The van der Waals surface area contributed by atoms with Crippen LogP contribution >= 0.6 is 23.8 Å². The lowest BCUT2D eigenvalue weighted by molar-refractivity contribution is 0.413. The Morgan fingerprint density at radius 3 is 1.96 bits per heavy atom. The summed E-state index contributed by atoms with van der Waals surface area (Å²) in [5, 5.41) is 4.92. The molecule has 2 nitrogen and oxygen atoms in total. The van der Waals surface area contributed by atoms with Gasteiger partial charge in [-0.25, -0.2) is 0 Å². The molecule has 138 valence electrons. The molecule has 0 aliphatic carbocycles. The minimum atomic E-state index is 0.711. The number of hydrogen-bond donors (Lipinski definition) is 1. The zero-order chi connectivity index (χ0) is 19.2. The molecule has 0 aromatic heterocycles. The molecule has 0 aliphatic rings. The van der Waals surface area contributed by atoms with E-state index in [1.165, 1.54) is 22.3 Å². The number of nitrogens with zero attached hydrogens (tertiary/aromatic N) is 1. The van der Waals surface area contributed by atoms with Crippen LogP contribution in [0.2, 0.25) is 5.02 Å². The summed E-state index contributed by atoms with van der Waals surface area (Å²) in [6.07, 6.45) is 0. The number of halogens is 1. The Balaban J connectivity index is 1.83. The number of hydrogen-bond acceptors (Lipinski definition) is 1. The molecule has 0 unspecified atom stereocenters. The Morgan fingerprint density at radius 2 is 1.37 bits per heavy atom. The van der Waals surface area contributed by atoms with Crippen molar-refractivity contribution in [2.45, 2.75) is 26.9 Å². The molecule has 27 heavy (non-hydrogen) atoms. The quantitative estimate of drug-likeness (QED) is 0.507. The van der Waals surface area contributed by atoms with E-state index in [1.54, 1.807) is 0 Å². The number of aryl methyl sites for hydroxylation is 2. The Labute approximate surface area is 171 Å². The van der Waals surface area contributed by atoms with Crippen molar-refractivity contribution >= 4 is 34.6 Å². The SMILES string of the molecule is Cc1cccc(C)c1NC(=S)N(Cc1ccccc1)Cc1ccc(Cl)cc1. The van der Waals surface area contributed by atoms with Crippen molar-refractivity contribution in [2.24, 2.45) is 0 Å². The zero-order valence-corrected chi connectivity index (χ0v) is 17.1. The standard InChI is InChI=1S/C23H23ClN2S/c1-17-7-6-8-18(2)22(17)25-23(27)26(15-19-9-4-3-5-10-19)16-20-11-13-21(24)14-12-20/h3-14H,15-16H2,1-2H3,(H,25,27). The van der Waals surface area contributed by atoms with Gasteiger partial charge in [-0.1, -0.05) is 72.3 Å².